The molecule has 6 nitrogen and oxygen atoms in total. The molecule has 0 aliphatic carbocycles. The number of hydrogen-bond acceptors (Lipinski definition) is 6. The van der Waals surface area contributed by atoms with Gasteiger partial charge in [-0.2, -0.15) is 0 Å². The molecular formula is C17H19ClN4O2S2. The molecule has 0 spiro atoms. The van der Waals surface area contributed by atoms with Crippen LogP contribution in [-0.4, -0.2) is 46.0 Å². The zero-order valence-electron chi connectivity index (χ0n) is 14.2. The lowest BCUT2D eigenvalue weighted by Gasteiger charge is -2.34. The SMILES string of the molecule is C[C@H]1CNCCN1C(=O)Cn1cnc2scc(-c3cccs3)c2c1=O.Cl. The third-order valence-electron chi connectivity index (χ3n) is 4.47. The average molecular weight is 411 g/mol. The molecule has 9 heteroatoms. The third kappa shape index (κ3) is 3.42. The second-order valence-electron chi connectivity index (χ2n) is 6.12. The smallest absolute Gasteiger partial charge is 0.263 e. The van der Waals surface area contributed by atoms with E-state index >= 15 is 0 Å². The van der Waals surface area contributed by atoms with Crippen molar-refractivity contribution >= 4 is 51.2 Å². The molecule has 1 fully saturated rings. The Morgan fingerprint density at radius 3 is 3.00 bits per heavy atom. The van der Waals surface area contributed by atoms with Gasteiger partial charge in [0.05, 0.1) is 11.7 Å². The average Bonchev–Trinajstić information content (AvgIpc) is 3.27. The Morgan fingerprint density at radius 2 is 2.27 bits per heavy atom. The summed E-state index contributed by atoms with van der Waals surface area (Å²) >= 11 is 3.06. The fourth-order valence-electron chi connectivity index (χ4n) is 3.14. The van der Waals surface area contributed by atoms with Gasteiger partial charge in [-0.05, 0) is 18.4 Å². The number of nitrogens with one attached hydrogen (secondary N) is 1. The van der Waals surface area contributed by atoms with Gasteiger partial charge in [0.1, 0.15) is 11.4 Å². The van der Waals surface area contributed by atoms with Crippen LogP contribution in [0, 0.1) is 0 Å². The van der Waals surface area contributed by atoms with Crippen molar-refractivity contribution < 1.29 is 4.79 Å². The van der Waals surface area contributed by atoms with Gasteiger partial charge in [0, 0.05) is 41.5 Å². The minimum Gasteiger partial charge on any atom is -0.336 e. The summed E-state index contributed by atoms with van der Waals surface area (Å²) < 4.78 is 1.43. The molecular weight excluding hydrogens is 392 g/mol. The van der Waals surface area contributed by atoms with E-state index in [0.717, 1.165) is 23.5 Å². The number of amides is 1. The summed E-state index contributed by atoms with van der Waals surface area (Å²) in [4.78, 5) is 33.6. The van der Waals surface area contributed by atoms with Crippen LogP contribution in [0.15, 0.2) is 34.0 Å². The highest BCUT2D eigenvalue weighted by molar-refractivity contribution is 7.18. The van der Waals surface area contributed by atoms with Gasteiger partial charge in [-0.1, -0.05) is 6.07 Å². The van der Waals surface area contributed by atoms with E-state index in [-0.39, 0.29) is 36.5 Å². The van der Waals surface area contributed by atoms with Crippen molar-refractivity contribution in [3.63, 3.8) is 0 Å². The molecule has 1 N–H and O–H groups in total. The van der Waals surface area contributed by atoms with Crippen LogP contribution in [0.5, 0.6) is 0 Å². The Morgan fingerprint density at radius 1 is 1.42 bits per heavy atom. The first kappa shape index (κ1) is 19.0. The van der Waals surface area contributed by atoms with Crippen molar-refractivity contribution in [2.75, 3.05) is 19.6 Å². The molecule has 3 aromatic rings. The van der Waals surface area contributed by atoms with E-state index < -0.39 is 0 Å². The van der Waals surface area contributed by atoms with Gasteiger partial charge < -0.3 is 10.2 Å². The number of hydrogen-bond donors (Lipinski definition) is 1. The largest absolute Gasteiger partial charge is 0.336 e. The molecule has 1 amide bonds. The van der Waals surface area contributed by atoms with E-state index in [1.165, 1.54) is 22.2 Å². The van der Waals surface area contributed by atoms with Crippen molar-refractivity contribution in [1.82, 2.24) is 19.8 Å². The van der Waals surface area contributed by atoms with E-state index in [4.69, 9.17) is 0 Å². The minimum absolute atomic E-state index is 0. The van der Waals surface area contributed by atoms with Crippen LogP contribution in [0.4, 0.5) is 0 Å². The van der Waals surface area contributed by atoms with E-state index in [9.17, 15) is 9.59 Å². The monoisotopic (exact) mass is 410 g/mol. The second kappa shape index (κ2) is 7.87. The van der Waals surface area contributed by atoms with Crippen molar-refractivity contribution in [3.8, 4) is 10.4 Å². The summed E-state index contributed by atoms with van der Waals surface area (Å²) in [5.41, 5.74) is 0.760. The van der Waals surface area contributed by atoms with Crippen molar-refractivity contribution in [2.45, 2.75) is 19.5 Å². The molecule has 0 aromatic carbocycles. The molecule has 1 aliphatic heterocycles. The summed E-state index contributed by atoms with van der Waals surface area (Å²) in [6.07, 6.45) is 1.49. The Bertz CT molecular complexity index is 967. The number of halogens is 1. The second-order valence-corrected chi connectivity index (χ2v) is 7.93. The fourth-order valence-corrected chi connectivity index (χ4v) is 4.86. The summed E-state index contributed by atoms with van der Waals surface area (Å²) in [5.74, 6) is -0.0369. The Balaban J connectivity index is 0.00000196. The highest BCUT2D eigenvalue weighted by Crippen LogP contribution is 2.33. The number of piperazine rings is 1. The molecule has 0 saturated carbocycles. The van der Waals surface area contributed by atoms with Crippen LogP contribution in [0.1, 0.15) is 6.92 Å². The van der Waals surface area contributed by atoms with Crippen LogP contribution >= 0.6 is 35.1 Å². The summed E-state index contributed by atoms with van der Waals surface area (Å²) in [6.45, 7) is 4.29. The molecule has 1 saturated heterocycles. The van der Waals surface area contributed by atoms with E-state index in [2.05, 4.69) is 10.3 Å². The van der Waals surface area contributed by atoms with Gasteiger partial charge in [-0.3, -0.25) is 14.2 Å². The molecule has 138 valence electrons. The Labute approximate surface area is 164 Å². The van der Waals surface area contributed by atoms with Gasteiger partial charge in [-0.15, -0.1) is 35.1 Å². The summed E-state index contributed by atoms with van der Waals surface area (Å²) in [6, 6.07) is 4.10. The first-order chi connectivity index (χ1) is 12.1. The van der Waals surface area contributed by atoms with Gasteiger partial charge in [-0.25, -0.2) is 4.98 Å². The highest BCUT2D eigenvalue weighted by Gasteiger charge is 2.24. The zero-order valence-corrected chi connectivity index (χ0v) is 16.6. The number of fused-ring (bicyclic) bond motifs is 1. The van der Waals surface area contributed by atoms with E-state index in [1.807, 2.05) is 34.7 Å². The molecule has 0 bridgehead atoms. The number of rotatable bonds is 3. The van der Waals surface area contributed by atoms with Crippen molar-refractivity contribution in [1.29, 1.82) is 0 Å². The highest BCUT2D eigenvalue weighted by atomic mass is 35.5. The van der Waals surface area contributed by atoms with Crippen LogP contribution in [0.2, 0.25) is 0 Å². The zero-order chi connectivity index (χ0) is 17.4. The van der Waals surface area contributed by atoms with Gasteiger partial charge in [0.25, 0.3) is 5.56 Å². The molecule has 0 unspecified atom stereocenters. The maximum absolute atomic E-state index is 13.0. The normalized spacial score (nSPS) is 17.3. The molecule has 4 heterocycles. The standard InChI is InChI=1S/C17H18N4O2S2.ClH/c1-11-7-18-4-5-21(11)14(22)8-20-10-19-16-15(17(20)23)12(9-25-16)13-3-2-6-24-13;/h2-3,6,9-11,18H,4-5,7-8H2,1H3;1H/t11-;/m0./s1. The quantitative estimate of drug-likeness (QED) is 0.720. The number of carbonyl (C=O) groups excluding carboxylic acids is 1. The van der Waals surface area contributed by atoms with Gasteiger partial charge >= 0.3 is 0 Å². The first-order valence-corrected chi connectivity index (χ1v) is 9.92. The predicted molar refractivity (Wildman–Crippen MR) is 108 cm³/mol. The lowest BCUT2D eigenvalue weighted by atomic mass is 10.2. The molecule has 3 aromatic heterocycles. The van der Waals surface area contributed by atoms with Gasteiger partial charge in [0.15, 0.2) is 0 Å². The lowest BCUT2D eigenvalue weighted by molar-refractivity contribution is -0.134. The maximum Gasteiger partial charge on any atom is 0.263 e. The minimum atomic E-state index is -0.147. The van der Waals surface area contributed by atoms with Crippen LogP contribution < -0.4 is 10.9 Å². The maximum atomic E-state index is 13.0. The molecule has 1 atom stereocenters. The van der Waals surface area contributed by atoms with Crippen LogP contribution in [-0.2, 0) is 11.3 Å². The van der Waals surface area contributed by atoms with Crippen LogP contribution in [0.3, 0.4) is 0 Å². The number of aromatic nitrogens is 2. The fraction of sp³-hybridized carbons (Fsp3) is 0.353. The van der Waals surface area contributed by atoms with E-state index in [0.29, 0.717) is 16.8 Å². The molecule has 1 aliphatic rings. The number of carbonyl (C=O) groups is 1. The van der Waals surface area contributed by atoms with Crippen molar-refractivity contribution in [2.24, 2.45) is 0 Å². The number of thiophene rings is 2. The first-order valence-electron chi connectivity index (χ1n) is 8.16. The molecule has 26 heavy (non-hydrogen) atoms. The topological polar surface area (TPSA) is 67.2 Å². The lowest BCUT2D eigenvalue weighted by Crippen LogP contribution is -2.53. The van der Waals surface area contributed by atoms with Crippen molar-refractivity contribution in [3.05, 3.63) is 39.6 Å². The molecule has 0 radical (unpaired) electrons. The van der Waals surface area contributed by atoms with Crippen LogP contribution in [0.25, 0.3) is 20.7 Å². The van der Waals surface area contributed by atoms with E-state index in [1.54, 1.807) is 11.3 Å². The third-order valence-corrected chi connectivity index (χ3v) is 6.26. The summed E-state index contributed by atoms with van der Waals surface area (Å²) in [7, 11) is 0. The Hall–Kier alpha value is -1.74. The predicted octanol–water partition coefficient (Wildman–Crippen LogP) is 2.43. The Kier molecular flexibility index (Phi) is 5.76. The van der Waals surface area contributed by atoms with Gasteiger partial charge in [0.2, 0.25) is 5.91 Å². The molecule has 4 rings (SSSR count). The summed E-state index contributed by atoms with van der Waals surface area (Å²) in [5, 5.41) is 7.83. The number of nitrogens with zero attached hydrogens (tertiary/aromatic N) is 3.